The molecule has 0 fully saturated rings. The Labute approximate surface area is 132 Å². The maximum Gasteiger partial charge on any atom is 0.147 e. The Balaban J connectivity index is 2.09. The number of thiazole rings is 1. The van der Waals surface area contributed by atoms with Crippen LogP contribution < -0.4 is 10.6 Å². The van der Waals surface area contributed by atoms with Crippen LogP contribution in [0.1, 0.15) is 23.2 Å². The fourth-order valence-electron chi connectivity index (χ4n) is 1.62. The fraction of sp³-hybridized carbons (Fsp3) is 0.385. The van der Waals surface area contributed by atoms with Crippen LogP contribution in [-0.2, 0) is 6.54 Å². The Hall–Kier alpha value is -1.04. The molecule has 0 saturated heterocycles. The number of anilines is 2. The third-order valence-electron chi connectivity index (χ3n) is 2.57. The zero-order valence-electron chi connectivity index (χ0n) is 11.3. The third-order valence-corrected chi connectivity index (χ3v) is 4.06. The molecule has 0 aliphatic carbocycles. The molecule has 0 amide bonds. The van der Waals surface area contributed by atoms with E-state index in [1.54, 1.807) is 17.4 Å². The highest BCUT2D eigenvalue weighted by atomic mass is 35.5. The molecule has 0 atom stereocenters. The number of nitrogens with zero attached hydrogens (tertiary/aromatic N) is 2. The monoisotopic (exact) mass is 330 g/mol. The molecule has 4 nitrogen and oxygen atoms in total. The number of aryl methyl sites for hydroxylation is 1. The van der Waals surface area contributed by atoms with Gasteiger partial charge in [0.2, 0.25) is 0 Å². The number of nitrogens with one attached hydrogen (secondary N) is 2. The van der Waals surface area contributed by atoms with Crippen molar-refractivity contribution in [2.45, 2.75) is 26.8 Å². The van der Waals surface area contributed by atoms with Gasteiger partial charge in [-0.3, -0.25) is 0 Å². The van der Waals surface area contributed by atoms with Crippen LogP contribution in [0.3, 0.4) is 0 Å². The lowest BCUT2D eigenvalue weighted by molar-refractivity contribution is 0.968. The van der Waals surface area contributed by atoms with Gasteiger partial charge in [-0.25, -0.2) is 9.97 Å². The smallest absolute Gasteiger partial charge is 0.147 e. The van der Waals surface area contributed by atoms with Crippen LogP contribution in [0.25, 0.3) is 0 Å². The molecule has 2 aromatic heterocycles. The van der Waals surface area contributed by atoms with Crippen LogP contribution in [0.15, 0.2) is 12.3 Å². The molecule has 0 radical (unpaired) electrons. The zero-order chi connectivity index (χ0) is 14.5. The third kappa shape index (κ3) is 3.98. The van der Waals surface area contributed by atoms with Crippen LogP contribution in [0.5, 0.6) is 0 Å². The minimum Gasteiger partial charge on any atom is -0.369 e. The van der Waals surface area contributed by atoms with Gasteiger partial charge in [-0.1, -0.05) is 30.1 Å². The Morgan fingerprint density at radius 2 is 1.90 bits per heavy atom. The number of rotatable bonds is 6. The second-order valence-corrected chi connectivity index (χ2v) is 6.41. The molecule has 0 unspecified atom stereocenters. The first kappa shape index (κ1) is 15.4. The zero-order valence-corrected chi connectivity index (χ0v) is 13.7. The maximum absolute atomic E-state index is 6.16. The first-order chi connectivity index (χ1) is 9.60. The summed E-state index contributed by atoms with van der Waals surface area (Å²) >= 11 is 13.9. The fourth-order valence-corrected chi connectivity index (χ4v) is 2.84. The second-order valence-electron chi connectivity index (χ2n) is 4.28. The van der Waals surface area contributed by atoms with Gasteiger partial charge in [0.1, 0.15) is 11.6 Å². The maximum atomic E-state index is 6.16. The number of hydrogen-bond acceptors (Lipinski definition) is 5. The Kier molecular flexibility index (Phi) is 5.46. The van der Waals surface area contributed by atoms with Gasteiger partial charge in [0.15, 0.2) is 0 Å². The van der Waals surface area contributed by atoms with E-state index >= 15 is 0 Å². The lowest BCUT2D eigenvalue weighted by Crippen LogP contribution is -2.06. The van der Waals surface area contributed by atoms with Crippen LogP contribution in [0, 0.1) is 6.92 Å². The molecule has 20 heavy (non-hydrogen) atoms. The van der Waals surface area contributed by atoms with E-state index in [1.807, 2.05) is 13.1 Å². The number of pyridine rings is 1. The van der Waals surface area contributed by atoms with E-state index in [0.717, 1.165) is 22.9 Å². The van der Waals surface area contributed by atoms with Crippen molar-refractivity contribution in [2.24, 2.45) is 0 Å². The highest BCUT2D eigenvalue weighted by Gasteiger charge is 2.09. The van der Waals surface area contributed by atoms with Crippen molar-refractivity contribution in [2.75, 3.05) is 17.2 Å². The summed E-state index contributed by atoms with van der Waals surface area (Å²) in [6.07, 6.45) is 2.86. The topological polar surface area (TPSA) is 49.8 Å². The summed E-state index contributed by atoms with van der Waals surface area (Å²) in [6.45, 7) is 5.53. The van der Waals surface area contributed by atoms with Gasteiger partial charge in [-0.15, -0.1) is 11.3 Å². The van der Waals surface area contributed by atoms with Crippen molar-refractivity contribution in [1.82, 2.24) is 9.97 Å². The van der Waals surface area contributed by atoms with E-state index in [4.69, 9.17) is 23.2 Å². The largest absolute Gasteiger partial charge is 0.369 e. The van der Waals surface area contributed by atoms with Crippen molar-refractivity contribution in [3.05, 3.63) is 32.2 Å². The van der Waals surface area contributed by atoms with E-state index in [0.29, 0.717) is 28.2 Å². The Morgan fingerprint density at radius 1 is 1.20 bits per heavy atom. The van der Waals surface area contributed by atoms with Crippen LogP contribution in [-0.4, -0.2) is 16.5 Å². The molecule has 0 aromatic carbocycles. The summed E-state index contributed by atoms with van der Waals surface area (Å²) < 4.78 is 0. The van der Waals surface area contributed by atoms with Crippen molar-refractivity contribution in [3.8, 4) is 0 Å². The molecule has 2 aromatic rings. The van der Waals surface area contributed by atoms with Crippen LogP contribution >= 0.6 is 34.5 Å². The summed E-state index contributed by atoms with van der Waals surface area (Å²) in [6, 6.07) is 1.70. The SMILES string of the molecule is CCCNc1nc(NCc2cnc(C)s2)c(Cl)cc1Cl. The van der Waals surface area contributed by atoms with Gasteiger partial charge < -0.3 is 10.6 Å². The standard InChI is InChI=1S/C13H16Cl2N4S/c1-3-4-16-12-10(14)5-11(15)13(19-12)18-7-9-6-17-8(2)20-9/h5-6H,3-4,7H2,1-2H3,(H2,16,18,19). The lowest BCUT2D eigenvalue weighted by atomic mass is 10.4. The highest BCUT2D eigenvalue weighted by molar-refractivity contribution is 7.11. The van der Waals surface area contributed by atoms with Crippen molar-refractivity contribution < 1.29 is 0 Å². The van der Waals surface area contributed by atoms with Gasteiger partial charge in [0.05, 0.1) is 21.6 Å². The van der Waals surface area contributed by atoms with E-state index < -0.39 is 0 Å². The molecule has 0 aliphatic rings. The first-order valence-corrected chi connectivity index (χ1v) is 7.92. The first-order valence-electron chi connectivity index (χ1n) is 6.35. The van der Waals surface area contributed by atoms with E-state index in [9.17, 15) is 0 Å². The summed E-state index contributed by atoms with van der Waals surface area (Å²) in [4.78, 5) is 9.78. The summed E-state index contributed by atoms with van der Waals surface area (Å²) in [5, 5.41) is 8.48. The van der Waals surface area contributed by atoms with Crippen LogP contribution in [0.4, 0.5) is 11.6 Å². The minimum atomic E-state index is 0.512. The molecule has 0 aliphatic heterocycles. The van der Waals surface area contributed by atoms with Crippen molar-refractivity contribution in [1.29, 1.82) is 0 Å². The van der Waals surface area contributed by atoms with Crippen LogP contribution in [0.2, 0.25) is 10.0 Å². The minimum absolute atomic E-state index is 0.512. The average Bonchev–Trinajstić information content (AvgIpc) is 2.82. The van der Waals surface area contributed by atoms with E-state index in [2.05, 4.69) is 27.5 Å². The normalized spacial score (nSPS) is 10.6. The molecular weight excluding hydrogens is 315 g/mol. The summed E-state index contributed by atoms with van der Waals surface area (Å²) in [5.74, 6) is 1.28. The molecule has 2 rings (SSSR count). The number of aromatic nitrogens is 2. The van der Waals surface area contributed by atoms with Crippen molar-refractivity contribution in [3.63, 3.8) is 0 Å². The quantitative estimate of drug-likeness (QED) is 0.813. The number of halogens is 2. The molecule has 108 valence electrons. The molecule has 0 spiro atoms. The van der Waals surface area contributed by atoms with Gasteiger partial charge in [0, 0.05) is 17.6 Å². The van der Waals surface area contributed by atoms with E-state index in [1.165, 1.54) is 0 Å². The Bertz CT molecular complexity index is 586. The molecule has 7 heteroatoms. The molecule has 2 N–H and O–H groups in total. The predicted octanol–water partition coefficient (Wildman–Crippen LogP) is 4.59. The summed E-state index contributed by atoms with van der Waals surface area (Å²) in [7, 11) is 0. The van der Waals surface area contributed by atoms with Gasteiger partial charge in [0.25, 0.3) is 0 Å². The molecule has 0 saturated carbocycles. The molecule has 2 heterocycles. The number of hydrogen-bond donors (Lipinski definition) is 2. The average molecular weight is 331 g/mol. The lowest BCUT2D eigenvalue weighted by Gasteiger charge is -2.11. The second kappa shape index (κ2) is 7.11. The van der Waals surface area contributed by atoms with E-state index in [-0.39, 0.29) is 0 Å². The predicted molar refractivity (Wildman–Crippen MR) is 87.2 cm³/mol. The molecule has 0 bridgehead atoms. The Morgan fingerprint density at radius 3 is 2.50 bits per heavy atom. The highest BCUT2D eigenvalue weighted by Crippen LogP contribution is 2.29. The summed E-state index contributed by atoms with van der Waals surface area (Å²) in [5.41, 5.74) is 0. The molecular formula is C13H16Cl2N4S. The van der Waals surface area contributed by atoms with Gasteiger partial charge >= 0.3 is 0 Å². The van der Waals surface area contributed by atoms with Gasteiger partial charge in [-0.2, -0.15) is 0 Å². The van der Waals surface area contributed by atoms with Gasteiger partial charge in [-0.05, 0) is 19.4 Å². The van der Waals surface area contributed by atoms with Crippen molar-refractivity contribution >= 4 is 46.2 Å².